The van der Waals surface area contributed by atoms with Gasteiger partial charge in [-0.15, -0.1) is 0 Å². The molecule has 7 nitrogen and oxygen atoms in total. The van der Waals surface area contributed by atoms with Crippen LogP contribution in [0.1, 0.15) is 48.9 Å². The standard InChI is InChI=1S/C26H33ClN6O/c1-31(2)19-9-14-32(16-19)26(10-4-3-5-11-26)18-30-25(34)20-17-33(23-15-28-12-13-29-23)22-8-6-7-21(27)24(20)22/h6-8,12-13,15,17,19H,3-5,9-11,14,16,18H2,1-2H3,(H,30,34)/t19-/m1/s1. The van der Waals surface area contributed by atoms with Crippen molar-refractivity contribution in [3.8, 4) is 5.82 Å². The van der Waals surface area contributed by atoms with Crippen LogP contribution in [0.4, 0.5) is 0 Å². The van der Waals surface area contributed by atoms with Crippen molar-refractivity contribution in [2.24, 2.45) is 0 Å². The van der Waals surface area contributed by atoms with Gasteiger partial charge in [0, 0.05) is 55.2 Å². The molecule has 1 aliphatic carbocycles. The van der Waals surface area contributed by atoms with Crippen LogP contribution < -0.4 is 5.32 Å². The molecule has 2 fully saturated rings. The number of carbonyl (C=O) groups is 1. The summed E-state index contributed by atoms with van der Waals surface area (Å²) in [5, 5.41) is 4.62. The predicted molar refractivity (Wildman–Crippen MR) is 136 cm³/mol. The van der Waals surface area contributed by atoms with E-state index in [9.17, 15) is 4.79 Å². The molecule has 1 aromatic carbocycles. The Labute approximate surface area is 206 Å². The van der Waals surface area contributed by atoms with E-state index >= 15 is 0 Å². The molecular weight excluding hydrogens is 448 g/mol. The van der Waals surface area contributed by atoms with Gasteiger partial charge in [-0.3, -0.25) is 19.2 Å². The van der Waals surface area contributed by atoms with E-state index < -0.39 is 0 Å². The van der Waals surface area contributed by atoms with Crippen LogP contribution in [0.3, 0.4) is 0 Å². The van der Waals surface area contributed by atoms with E-state index in [4.69, 9.17) is 11.6 Å². The fourth-order valence-electron chi connectivity index (χ4n) is 5.77. The van der Waals surface area contributed by atoms with Crippen molar-refractivity contribution in [1.82, 2.24) is 29.7 Å². The van der Waals surface area contributed by atoms with Gasteiger partial charge in [0.1, 0.15) is 0 Å². The molecule has 0 radical (unpaired) electrons. The van der Waals surface area contributed by atoms with Gasteiger partial charge in [-0.1, -0.05) is 36.9 Å². The van der Waals surface area contributed by atoms with Crippen LogP contribution in [0.15, 0.2) is 43.0 Å². The maximum Gasteiger partial charge on any atom is 0.253 e. The zero-order chi connectivity index (χ0) is 23.7. The van der Waals surface area contributed by atoms with E-state index in [2.05, 4.69) is 39.2 Å². The number of hydrogen-bond acceptors (Lipinski definition) is 5. The minimum absolute atomic E-state index is 0.0335. The highest BCUT2D eigenvalue weighted by atomic mass is 35.5. The molecule has 2 aromatic heterocycles. The van der Waals surface area contributed by atoms with Crippen LogP contribution in [0, 0.1) is 0 Å². The third kappa shape index (κ3) is 4.32. The Kier molecular flexibility index (Phi) is 6.60. The molecule has 5 rings (SSSR count). The molecule has 0 unspecified atom stereocenters. The van der Waals surface area contributed by atoms with Gasteiger partial charge in [0.05, 0.1) is 22.3 Å². The van der Waals surface area contributed by atoms with Crippen molar-refractivity contribution in [3.63, 3.8) is 0 Å². The molecule has 3 aromatic rings. The van der Waals surface area contributed by atoms with Crippen molar-refractivity contribution in [2.75, 3.05) is 33.7 Å². The van der Waals surface area contributed by atoms with Crippen LogP contribution in [0.25, 0.3) is 16.7 Å². The first kappa shape index (κ1) is 23.3. The summed E-state index contributed by atoms with van der Waals surface area (Å²) in [6, 6.07) is 6.26. The van der Waals surface area contributed by atoms with Gasteiger partial charge in [0.2, 0.25) is 0 Å². The Balaban J connectivity index is 1.42. The molecule has 0 bridgehead atoms. The molecule has 1 N–H and O–H groups in total. The molecule has 2 aliphatic rings. The van der Waals surface area contributed by atoms with Crippen molar-refractivity contribution in [1.29, 1.82) is 0 Å². The second kappa shape index (κ2) is 9.64. The number of halogens is 1. The van der Waals surface area contributed by atoms with Gasteiger partial charge in [-0.25, -0.2) is 4.98 Å². The molecule has 0 spiro atoms. The first-order chi connectivity index (χ1) is 16.5. The lowest BCUT2D eigenvalue weighted by Gasteiger charge is -2.45. The second-order valence-corrected chi connectivity index (χ2v) is 10.3. The fourth-order valence-corrected chi connectivity index (χ4v) is 6.04. The number of rotatable bonds is 6. The number of nitrogens with zero attached hydrogens (tertiary/aromatic N) is 5. The molecule has 8 heteroatoms. The first-order valence-corrected chi connectivity index (χ1v) is 12.6. The molecule has 34 heavy (non-hydrogen) atoms. The largest absolute Gasteiger partial charge is 0.350 e. The van der Waals surface area contributed by atoms with E-state index in [0.717, 1.165) is 36.8 Å². The molecule has 180 valence electrons. The Hall–Kier alpha value is -2.48. The van der Waals surface area contributed by atoms with Gasteiger partial charge >= 0.3 is 0 Å². The molecular formula is C26H33ClN6O. The first-order valence-electron chi connectivity index (χ1n) is 12.2. The molecule has 1 amide bonds. The van der Waals surface area contributed by atoms with Crippen LogP contribution in [0.5, 0.6) is 0 Å². The maximum absolute atomic E-state index is 13.6. The van der Waals surface area contributed by atoms with Gasteiger partial charge < -0.3 is 10.2 Å². The number of benzene rings is 1. The lowest BCUT2D eigenvalue weighted by atomic mass is 9.80. The number of likely N-dealkylation sites (N-methyl/N-ethyl adjacent to an activating group) is 1. The average molecular weight is 481 g/mol. The lowest BCUT2D eigenvalue weighted by Crippen LogP contribution is -2.56. The van der Waals surface area contributed by atoms with Crippen LogP contribution in [-0.4, -0.2) is 75.6 Å². The third-order valence-corrected chi connectivity index (χ3v) is 8.06. The molecule has 1 atom stereocenters. The summed E-state index contributed by atoms with van der Waals surface area (Å²) in [4.78, 5) is 27.2. The maximum atomic E-state index is 13.6. The summed E-state index contributed by atoms with van der Waals surface area (Å²) in [6.07, 6.45) is 14.0. The third-order valence-electron chi connectivity index (χ3n) is 7.75. The van der Waals surface area contributed by atoms with Crippen molar-refractivity contribution in [2.45, 2.75) is 50.1 Å². The normalized spacial score (nSPS) is 20.8. The highest BCUT2D eigenvalue weighted by molar-refractivity contribution is 6.37. The van der Waals surface area contributed by atoms with Crippen LogP contribution >= 0.6 is 11.6 Å². The molecule has 1 saturated heterocycles. The van der Waals surface area contributed by atoms with Gasteiger partial charge in [0.15, 0.2) is 5.82 Å². The van der Waals surface area contributed by atoms with Gasteiger partial charge in [-0.05, 0) is 45.5 Å². The minimum Gasteiger partial charge on any atom is -0.350 e. The van der Waals surface area contributed by atoms with Crippen molar-refractivity contribution < 1.29 is 4.79 Å². The zero-order valence-corrected chi connectivity index (χ0v) is 20.8. The minimum atomic E-state index is -0.0888. The number of carbonyl (C=O) groups excluding carboxylic acids is 1. The van der Waals surface area contributed by atoms with Crippen molar-refractivity contribution >= 4 is 28.4 Å². The zero-order valence-electron chi connectivity index (χ0n) is 20.0. The summed E-state index contributed by atoms with van der Waals surface area (Å²) < 4.78 is 1.89. The summed E-state index contributed by atoms with van der Waals surface area (Å²) in [5.74, 6) is 0.568. The summed E-state index contributed by atoms with van der Waals surface area (Å²) in [6.45, 7) is 2.82. The number of amides is 1. The number of aromatic nitrogens is 3. The van der Waals surface area contributed by atoms with Gasteiger partial charge in [-0.2, -0.15) is 0 Å². The lowest BCUT2D eigenvalue weighted by molar-refractivity contribution is 0.0608. The predicted octanol–water partition coefficient (Wildman–Crippen LogP) is 4.14. The van der Waals surface area contributed by atoms with E-state index in [1.165, 1.54) is 25.7 Å². The summed E-state index contributed by atoms with van der Waals surface area (Å²) in [7, 11) is 4.33. The Morgan fingerprint density at radius 3 is 2.76 bits per heavy atom. The Morgan fingerprint density at radius 1 is 1.24 bits per heavy atom. The van der Waals surface area contributed by atoms with Gasteiger partial charge in [0.25, 0.3) is 5.91 Å². The van der Waals surface area contributed by atoms with E-state index in [1.54, 1.807) is 18.6 Å². The molecule has 1 aliphatic heterocycles. The fraction of sp³-hybridized carbons (Fsp3) is 0.500. The number of likely N-dealkylation sites (tertiary alicyclic amines) is 1. The monoisotopic (exact) mass is 480 g/mol. The van der Waals surface area contributed by atoms with Crippen LogP contribution in [-0.2, 0) is 0 Å². The van der Waals surface area contributed by atoms with Crippen molar-refractivity contribution in [3.05, 3.63) is 53.6 Å². The quantitative estimate of drug-likeness (QED) is 0.574. The molecule has 1 saturated carbocycles. The summed E-state index contributed by atoms with van der Waals surface area (Å²) >= 11 is 6.59. The van der Waals surface area contributed by atoms with E-state index in [1.807, 2.05) is 29.0 Å². The Morgan fingerprint density at radius 2 is 2.06 bits per heavy atom. The Bertz CT molecular complexity index is 1150. The smallest absolute Gasteiger partial charge is 0.253 e. The molecule has 3 heterocycles. The number of fused-ring (bicyclic) bond motifs is 1. The average Bonchev–Trinajstić information content (AvgIpc) is 3.51. The van der Waals surface area contributed by atoms with Crippen LogP contribution in [0.2, 0.25) is 5.02 Å². The van der Waals surface area contributed by atoms with E-state index in [0.29, 0.717) is 29.0 Å². The second-order valence-electron chi connectivity index (χ2n) is 9.93. The highest BCUT2D eigenvalue weighted by Gasteiger charge is 2.42. The van der Waals surface area contributed by atoms with E-state index in [-0.39, 0.29) is 11.4 Å². The SMILES string of the molecule is CN(C)[C@@H]1CCN(C2(CNC(=O)c3cn(-c4cnccn4)c4cccc(Cl)c34)CCCCC2)C1. The number of nitrogens with one attached hydrogen (secondary N) is 1. The topological polar surface area (TPSA) is 66.3 Å². The summed E-state index contributed by atoms with van der Waals surface area (Å²) in [5.41, 5.74) is 1.45. The number of hydrogen-bond donors (Lipinski definition) is 1. The highest BCUT2D eigenvalue weighted by Crippen LogP contribution is 2.37.